The molecule has 2 aliphatic heterocycles. The summed E-state index contributed by atoms with van der Waals surface area (Å²) in [5, 5.41) is 3.76. The predicted molar refractivity (Wildman–Crippen MR) is 123 cm³/mol. The summed E-state index contributed by atoms with van der Waals surface area (Å²) < 4.78 is 0. The van der Waals surface area contributed by atoms with Crippen LogP contribution in [0.5, 0.6) is 0 Å². The van der Waals surface area contributed by atoms with Gasteiger partial charge < -0.3 is 31.3 Å². The highest BCUT2D eigenvalue weighted by Crippen LogP contribution is 2.57. The predicted octanol–water partition coefficient (Wildman–Crippen LogP) is 1.61. The Kier molecular flexibility index (Phi) is 4.50. The maximum absolute atomic E-state index is 6.72. The summed E-state index contributed by atoms with van der Waals surface area (Å²) in [5.74, 6) is 1.27. The third-order valence-corrected chi connectivity index (χ3v) is 7.15. The van der Waals surface area contributed by atoms with E-state index < -0.39 is 0 Å². The Labute approximate surface area is 182 Å². The minimum atomic E-state index is -0.103. The number of nitrogens with one attached hydrogen (secondary N) is 2. The highest BCUT2D eigenvalue weighted by molar-refractivity contribution is 5.75. The second-order valence-electron chi connectivity index (χ2n) is 9.11. The number of hydrogen-bond donors (Lipinski definition) is 3. The van der Waals surface area contributed by atoms with Crippen LogP contribution in [0.1, 0.15) is 18.2 Å². The average molecular weight is 419 g/mol. The summed E-state index contributed by atoms with van der Waals surface area (Å²) in [7, 11) is 2.19. The van der Waals surface area contributed by atoms with Crippen molar-refractivity contribution in [3.05, 3.63) is 77.6 Å². The Balaban J connectivity index is 0.00000204. The number of aromatic nitrogens is 2. The molecule has 0 bridgehead atoms. The molecule has 3 atom stereocenters. The number of aromatic amines is 1. The molecule has 0 radical (unpaired) electrons. The number of piperazine rings is 1. The Morgan fingerprint density at radius 1 is 1.16 bits per heavy atom. The van der Waals surface area contributed by atoms with Gasteiger partial charge in [-0.25, -0.2) is 4.98 Å². The van der Waals surface area contributed by atoms with E-state index in [0.717, 1.165) is 60.9 Å². The van der Waals surface area contributed by atoms with E-state index >= 15 is 0 Å². The second kappa shape index (κ2) is 7.00. The fourth-order valence-electron chi connectivity index (χ4n) is 5.24. The van der Waals surface area contributed by atoms with Gasteiger partial charge in [0.1, 0.15) is 5.82 Å². The molecule has 31 heavy (non-hydrogen) atoms. The van der Waals surface area contributed by atoms with Crippen LogP contribution >= 0.6 is 0 Å². The lowest BCUT2D eigenvalue weighted by atomic mass is 9.93. The summed E-state index contributed by atoms with van der Waals surface area (Å²) in [6.07, 6.45) is 7.93. The van der Waals surface area contributed by atoms with E-state index in [-0.39, 0.29) is 16.9 Å². The molecule has 1 spiro atoms. The lowest BCUT2D eigenvalue weighted by molar-refractivity contribution is 0.189. The number of hydrogen-bond acceptors (Lipinski definition) is 5. The van der Waals surface area contributed by atoms with Crippen LogP contribution in [-0.4, -0.2) is 64.0 Å². The van der Waals surface area contributed by atoms with E-state index in [9.17, 15) is 0 Å². The number of allylic oxidation sites excluding steroid dienone is 2. The number of imidazole rings is 1. The van der Waals surface area contributed by atoms with Crippen molar-refractivity contribution in [2.24, 2.45) is 11.7 Å². The smallest absolute Gasteiger partial charge is 0.120 e. The van der Waals surface area contributed by atoms with Crippen LogP contribution in [0.15, 0.2) is 71.7 Å². The number of rotatable bonds is 2. The third kappa shape index (κ3) is 3.07. The van der Waals surface area contributed by atoms with Gasteiger partial charge in [0.25, 0.3) is 0 Å². The van der Waals surface area contributed by atoms with Crippen molar-refractivity contribution < 1.29 is 5.48 Å². The number of fused-ring (bicyclic) bond motifs is 1. The largest absolute Gasteiger partial charge is 0.412 e. The van der Waals surface area contributed by atoms with E-state index in [1.54, 1.807) is 0 Å². The first-order valence-corrected chi connectivity index (χ1v) is 10.8. The van der Waals surface area contributed by atoms with E-state index in [2.05, 4.69) is 58.0 Å². The molecule has 7 heteroatoms. The number of nitrogens with zero attached hydrogens (tertiary/aromatic N) is 3. The Morgan fingerprint density at radius 2 is 1.94 bits per heavy atom. The molecule has 6 rings (SSSR count). The Hall–Kier alpha value is -3.03. The molecule has 7 nitrogen and oxygen atoms in total. The Morgan fingerprint density at radius 3 is 2.71 bits per heavy atom. The van der Waals surface area contributed by atoms with E-state index in [1.165, 1.54) is 11.3 Å². The van der Waals surface area contributed by atoms with E-state index in [0.29, 0.717) is 5.92 Å². The minimum Gasteiger partial charge on any atom is -0.412 e. The number of benzene rings is 1. The molecule has 3 unspecified atom stereocenters. The molecule has 1 saturated carbocycles. The van der Waals surface area contributed by atoms with Crippen LogP contribution < -0.4 is 11.1 Å². The van der Waals surface area contributed by atoms with E-state index in [4.69, 9.17) is 10.7 Å². The van der Waals surface area contributed by atoms with E-state index in [1.807, 2.05) is 18.2 Å². The Bertz CT molecular complexity index is 1100. The van der Waals surface area contributed by atoms with Gasteiger partial charge in [0.05, 0.1) is 22.5 Å². The van der Waals surface area contributed by atoms with Crippen molar-refractivity contribution in [2.75, 3.05) is 33.2 Å². The zero-order chi connectivity index (χ0) is 20.5. The van der Waals surface area contributed by atoms with Crippen LogP contribution in [0.25, 0.3) is 11.0 Å². The highest BCUT2D eigenvalue weighted by atomic mass is 16.0. The van der Waals surface area contributed by atoms with Crippen molar-refractivity contribution in [3.8, 4) is 0 Å². The highest BCUT2D eigenvalue weighted by Gasteiger charge is 2.59. The summed E-state index contributed by atoms with van der Waals surface area (Å²) in [5.41, 5.74) is 12.9. The molecule has 0 amide bonds. The van der Waals surface area contributed by atoms with Crippen LogP contribution in [0.3, 0.4) is 0 Å². The fraction of sp³-hybridized carbons (Fsp3) is 0.375. The topological polar surface area (TPSA) is 105 Å². The van der Waals surface area contributed by atoms with Gasteiger partial charge in [-0.1, -0.05) is 24.8 Å². The lowest BCUT2D eigenvalue weighted by Gasteiger charge is -2.37. The van der Waals surface area contributed by atoms with Crippen molar-refractivity contribution in [1.29, 1.82) is 0 Å². The van der Waals surface area contributed by atoms with Crippen LogP contribution in [0.2, 0.25) is 0 Å². The molecule has 1 aromatic carbocycles. The minimum absolute atomic E-state index is 0. The first-order valence-electron chi connectivity index (χ1n) is 10.8. The van der Waals surface area contributed by atoms with Crippen molar-refractivity contribution in [3.63, 3.8) is 0 Å². The van der Waals surface area contributed by atoms with Gasteiger partial charge >= 0.3 is 0 Å². The maximum atomic E-state index is 6.72. The number of H-pyrrole nitrogens is 1. The first-order chi connectivity index (χ1) is 14.5. The maximum Gasteiger partial charge on any atom is 0.120 e. The summed E-state index contributed by atoms with van der Waals surface area (Å²) in [6, 6.07) is 8.11. The number of para-hydroxylation sites is 2. The average Bonchev–Trinajstić information content (AvgIpc) is 3.31. The van der Waals surface area contributed by atoms with Gasteiger partial charge in [-0.2, -0.15) is 0 Å². The van der Waals surface area contributed by atoms with Gasteiger partial charge in [-0.15, -0.1) is 0 Å². The lowest BCUT2D eigenvalue weighted by Crippen LogP contribution is -2.44. The van der Waals surface area contributed by atoms with Gasteiger partial charge in [0.15, 0.2) is 0 Å². The monoisotopic (exact) mass is 418 g/mol. The van der Waals surface area contributed by atoms with Crippen LogP contribution in [0, 0.1) is 5.92 Å². The van der Waals surface area contributed by atoms with Gasteiger partial charge in [0.2, 0.25) is 0 Å². The zero-order valence-corrected chi connectivity index (χ0v) is 17.9. The molecule has 6 N–H and O–H groups in total. The molecule has 162 valence electrons. The van der Waals surface area contributed by atoms with Crippen molar-refractivity contribution in [2.45, 2.75) is 17.9 Å². The number of likely N-dealkylation sites (N-methyl/N-ethyl adjacent to an activating group) is 1. The van der Waals surface area contributed by atoms with Gasteiger partial charge in [-0.3, -0.25) is 0 Å². The molecule has 2 aliphatic carbocycles. The molecule has 3 heterocycles. The summed E-state index contributed by atoms with van der Waals surface area (Å²) in [4.78, 5) is 13.2. The summed E-state index contributed by atoms with van der Waals surface area (Å²) >= 11 is 0. The fourth-order valence-corrected chi connectivity index (χ4v) is 5.24. The summed E-state index contributed by atoms with van der Waals surface area (Å²) in [6.45, 7) is 8.72. The second-order valence-corrected chi connectivity index (χ2v) is 9.11. The molecule has 2 fully saturated rings. The first kappa shape index (κ1) is 19.9. The van der Waals surface area contributed by atoms with Gasteiger partial charge in [0, 0.05) is 54.8 Å². The zero-order valence-electron chi connectivity index (χ0n) is 17.9. The third-order valence-electron chi connectivity index (χ3n) is 7.15. The normalized spacial score (nSPS) is 30.2. The molecular weight excluding hydrogens is 388 g/mol. The molecule has 1 aromatic heterocycles. The van der Waals surface area contributed by atoms with Gasteiger partial charge in [-0.05, 0) is 37.8 Å². The standard InChI is InChI=1S/C24H28N6.H2O/c1-15-18(23-26-21-5-3-4-6-22(21)27-23)13-20(25)19-12-17(11-16-14-24(16,19)28-15)30-9-7-29(2)8-10-30;/h3-6,11-13,16,18,28H,1,7-10,14,25H2,2H3,(H,26,27);1H2. The quantitative estimate of drug-likeness (QED) is 0.687. The molecule has 1 saturated heterocycles. The van der Waals surface area contributed by atoms with Crippen LogP contribution in [-0.2, 0) is 0 Å². The SMILES string of the molecule is C=C1NC23CC2C=C(N2CCN(C)CC2)C=C3C(N)=CC1c1nc2ccccc2[nH]1.O. The molecule has 2 aromatic rings. The molecular formula is C24H30N6O. The molecule has 4 aliphatic rings. The van der Waals surface area contributed by atoms with Crippen LogP contribution in [0.4, 0.5) is 0 Å². The van der Waals surface area contributed by atoms with Crippen molar-refractivity contribution in [1.82, 2.24) is 25.1 Å². The van der Waals surface area contributed by atoms with Crippen molar-refractivity contribution >= 4 is 11.0 Å². The number of nitrogens with two attached hydrogens (primary N) is 1.